The Hall–Kier alpha value is -3.40. The monoisotopic (exact) mass is 436 g/mol. The Morgan fingerprint density at radius 2 is 1.90 bits per heavy atom. The summed E-state index contributed by atoms with van der Waals surface area (Å²) in [6.07, 6.45) is -1.37. The Balaban J connectivity index is 1.62. The zero-order valence-corrected chi connectivity index (χ0v) is 16.2. The molecule has 5 nitrogen and oxygen atoms in total. The van der Waals surface area contributed by atoms with Crippen LogP contribution in [-0.2, 0) is 13.6 Å². The molecule has 0 atom stereocenters. The largest absolute Gasteiger partial charge is 0.401 e. The number of nitrogens with one attached hydrogen (secondary N) is 3. The molecule has 2 heterocycles. The van der Waals surface area contributed by atoms with Crippen molar-refractivity contribution in [3.05, 3.63) is 65.5 Å². The third-order valence-corrected chi connectivity index (χ3v) is 4.94. The molecule has 4 aromatic rings. The second kappa shape index (κ2) is 7.69. The van der Waals surface area contributed by atoms with Gasteiger partial charge in [-0.05, 0) is 30.3 Å². The smallest absolute Gasteiger partial charge is 0.359 e. The van der Waals surface area contributed by atoms with Crippen LogP contribution in [0.15, 0.2) is 42.7 Å². The van der Waals surface area contributed by atoms with Crippen LogP contribution < -0.4 is 10.6 Å². The number of amides is 1. The zero-order chi connectivity index (χ0) is 22.3. The summed E-state index contributed by atoms with van der Waals surface area (Å²) in [4.78, 5) is 15.8. The van der Waals surface area contributed by atoms with E-state index in [1.165, 1.54) is 30.6 Å². The van der Waals surface area contributed by atoms with Crippen LogP contribution >= 0.6 is 0 Å². The lowest BCUT2D eigenvalue weighted by atomic mass is 10.1. The van der Waals surface area contributed by atoms with Gasteiger partial charge in [0.05, 0.1) is 17.8 Å². The van der Waals surface area contributed by atoms with E-state index in [2.05, 4.69) is 15.6 Å². The first-order chi connectivity index (χ1) is 14.6. The minimum Gasteiger partial charge on any atom is -0.359 e. The van der Waals surface area contributed by atoms with Gasteiger partial charge >= 0.3 is 6.18 Å². The molecule has 0 unspecified atom stereocenters. The summed E-state index contributed by atoms with van der Waals surface area (Å²) in [5, 5.41) is 5.64. The number of hydrogen-bond donors (Lipinski definition) is 3. The van der Waals surface area contributed by atoms with Gasteiger partial charge in [0.15, 0.2) is 0 Å². The Kier molecular flexibility index (Phi) is 5.18. The number of H-pyrrole nitrogens is 1. The summed E-state index contributed by atoms with van der Waals surface area (Å²) in [5.74, 6) is -1.71. The number of nitrogens with zero attached hydrogens (tertiary/aromatic N) is 1. The van der Waals surface area contributed by atoms with Gasteiger partial charge < -0.3 is 20.2 Å². The quantitative estimate of drug-likeness (QED) is 0.392. The predicted molar refractivity (Wildman–Crippen MR) is 107 cm³/mol. The number of carbonyl (C=O) groups excluding carboxylic acids is 1. The number of aromatic amines is 1. The van der Waals surface area contributed by atoms with E-state index in [0.717, 1.165) is 6.07 Å². The van der Waals surface area contributed by atoms with Crippen LogP contribution in [0.25, 0.3) is 21.8 Å². The number of halogens is 5. The number of alkyl halides is 3. The van der Waals surface area contributed by atoms with Crippen molar-refractivity contribution >= 4 is 33.4 Å². The topological polar surface area (TPSA) is 61.9 Å². The molecule has 31 heavy (non-hydrogen) atoms. The summed E-state index contributed by atoms with van der Waals surface area (Å²) in [5.41, 5.74) is 1.72. The van der Waals surface area contributed by atoms with E-state index in [-0.39, 0.29) is 17.7 Å². The van der Waals surface area contributed by atoms with Crippen LogP contribution in [-0.4, -0.2) is 28.2 Å². The maximum atomic E-state index is 14.5. The zero-order valence-electron chi connectivity index (χ0n) is 16.2. The van der Waals surface area contributed by atoms with Gasteiger partial charge in [-0.3, -0.25) is 4.79 Å². The number of anilines is 1. The van der Waals surface area contributed by atoms with Crippen molar-refractivity contribution in [3.63, 3.8) is 0 Å². The van der Waals surface area contributed by atoms with Gasteiger partial charge in [-0.1, -0.05) is 0 Å². The number of aromatic nitrogens is 2. The highest BCUT2D eigenvalue weighted by Crippen LogP contribution is 2.28. The highest BCUT2D eigenvalue weighted by molar-refractivity contribution is 6.15. The van der Waals surface area contributed by atoms with Crippen molar-refractivity contribution in [1.29, 1.82) is 0 Å². The number of benzene rings is 2. The lowest BCUT2D eigenvalue weighted by Crippen LogP contribution is -2.28. The third kappa shape index (κ3) is 4.24. The van der Waals surface area contributed by atoms with Crippen molar-refractivity contribution < 1.29 is 26.7 Å². The molecule has 0 spiro atoms. The molecule has 0 bridgehead atoms. The predicted octanol–water partition coefficient (Wildman–Crippen LogP) is 4.84. The summed E-state index contributed by atoms with van der Waals surface area (Å²) in [7, 11) is 1.64. The summed E-state index contributed by atoms with van der Waals surface area (Å²) < 4.78 is 66.6. The fraction of sp³-hybridized carbons (Fsp3) is 0.190. The van der Waals surface area contributed by atoms with E-state index in [4.69, 9.17) is 0 Å². The molecule has 0 aliphatic heterocycles. The average Bonchev–Trinajstić information content (AvgIpc) is 3.22. The molecule has 0 aliphatic carbocycles. The highest BCUT2D eigenvalue weighted by Gasteiger charge is 2.26. The van der Waals surface area contributed by atoms with Crippen LogP contribution in [0.2, 0.25) is 0 Å². The van der Waals surface area contributed by atoms with Crippen LogP contribution in [0, 0.1) is 11.6 Å². The molecule has 0 aliphatic rings. The van der Waals surface area contributed by atoms with Gasteiger partial charge in [-0.15, -0.1) is 0 Å². The molecule has 10 heteroatoms. The molecule has 162 valence electrons. The fourth-order valence-electron chi connectivity index (χ4n) is 3.49. The summed E-state index contributed by atoms with van der Waals surface area (Å²) in [6.45, 7) is -1.55. The van der Waals surface area contributed by atoms with E-state index in [1.807, 2.05) is 0 Å². The lowest BCUT2D eigenvalue weighted by Gasteiger charge is -2.10. The molecule has 2 aromatic heterocycles. The van der Waals surface area contributed by atoms with Crippen LogP contribution in [0.3, 0.4) is 0 Å². The first-order valence-electron chi connectivity index (χ1n) is 9.25. The SMILES string of the molecule is Cn1cc(C(=O)Nc2c[nH]c3ccc(F)cc23)c2cc(F)c(CNCC(F)(F)F)cc21. The number of hydrogen-bond acceptors (Lipinski definition) is 2. The maximum absolute atomic E-state index is 14.5. The molecule has 0 fully saturated rings. The van der Waals surface area contributed by atoms with Crippen molar-refractivity contribution in [1.82, 2.24) is 14.9 Å². The molecule has 0 saturated heterocycles. The first kappa shape index (κ1) is 20.9. The number of carbonyl (C=O) groups is 1. The average molecular weight is 436 g/mol. The van der Waals surface area contributed by atoms with E-state index in [0.29, 0.717) is 27.5 Å². The van der Waals surface area contributed by atoms with E-state index in [9.17, 15) is 26.7 Å². The highest BCUT2D eigenvalue weighted by atomic mass is 19.4. The van der Waals surface area contributed by atoms with Crippen LogP contribution in [0.5, 0.6) is 0 Å². The van der Waals surface area contributed by atoms with Crippen molar-refractivity contribution in [2.45, 2.75) is 12.7 Å². The second-order valence-corrected chi connectivity index (χ2v) is 7.18. The van der Waals surface area contributed by atoms with Gasteiger partial charge in [-0.2, -0.15) is 13.2 Å². The van der Waals surface area contributed by atoms with Crippen molar-refractivity contribution in [2.24, 2.45) is 7.05 Å². The molecular formula is C21H17F5N4O. The molecule has 1 amide bonds. The summed E-state index contributed by atoms with van der Waals surface area (Å²) >= 11 is 0. The lowest BCUT2D eigenvalue weighted by molar-refractivity contribution is -0.125. The minimum atomic E-state index is -4.40. The van der Waals surface area contributed by atoms with E-state index in [1.54, 1.807) is 17.7 Å². The Bertz CT molecular complexity index is 1290. The Morgan fingerprint density at radius 1 is 1.13 bits per heavy atom. The fourth-order valence-corrected chi connectivity index (χ4v) is 3.49. The van der Waals surface area contributed by atoms with Crippen LogP contribution in [0.1, 0.15) is 15.9 Å². The normalized spacial score (nSPS) is 12.1. The van der Waals surface area contributed by atoms with Gasteiger partial charge in [0.25, 0.3) is 5.91 Å². The van der Waals surface area contributed by atoms with E-state index >= 15 is 0 Å². The molecule has 0 saturated carbocycles. The molecule has 2 aromatic carbocycles. The number of fused-ring (bicyclic) bond motifs is 2. The molecule has 3 N–H and O–H groups in total. The Morgan fingerprint density at radius 3 is 2.65 bits per heavy atom. The van der Waals surface area contributed by atoms with Gasteiger partial charge in [0.1, 0.15) is 11.6 Å². The van der Waals surface area contributed by atoms with E-state index < -0.39 is 30.3 Å². The minimum absolute atomic E-state index is 0.0528. The van der Waals surface area contributed by atoms with Crippen LogP contribution in [0.4, 0.5) is 27.6 Å². The Labute approximate surface area is 172 Å². The van der Waals surface area contributed by atoms with Gasteiger partial charge in [0, 0.05) is 53.4 Å². The number of aryl methyl sites for hydroxylation is 1. The third-order valence-electron chi connectivity index (χ3n) is 4.94. The maximum Gasteiger partial charge on any atom is 0.401 e. The standard InChI is InChI=1S/C21H17F5N4O/c1-30-9-15(20(31)29-18-8-28-17-3-2-12(22)5-14(17)18)13-6-16(23)11(4-19(13)30)7-27-10-21(24,25)26/h2-6,8-9,27-28H,7,10H2,1H3,(H,29,31). The molecule has 0 radical (unpaired) electrons. The molecular weight excluding hydrogens is 419 g/mol. The van der Waals surface area contributed by atoms with Gasteiger partial charge in [0.2, 0.25) is 0 Å². The molecule has 4 rings (SSSR count). The number of rotatable bonds is 5. The second-order valence-electron chi connectivity index (χ2n) is 7.18. The van der Waals surface area contributed by atoms with Crippen molar-refractivity contribution in [3.8, 4) is 0 Å². The summed E-state index contributed by atoms with van der Waals surface area (Å²) in [6, 6.07) is 6.65. The van der Waals surface area contributed by atoms with Crippen molar-refractivity contribution in [2.75, 3.05) is 11.9 Å². The van der Waals surface area contributed by atoms with Gasteiger partial charge in [-0.25, -0.2) is 8.78 Å². The first-order valence-corrected chi connectivity index (χ1v) is 9.25.